The van der Waals surface area contributed by atoms with Crippen molar-refractivity contribution in [2.75, 3.05) is 0 Å². The molecule has 0 aromatic heterocycles. The summed E-state index contributed by atoms with van der Waals surface area (Å²) in [6, 6.07) is 21.6. The van der Waals surface area contributed by atoms with Crippen molar-refractivity contribution in [1.82, 2.24) is 4.65 Å². The zero-order valence-corrected chi connectivity index (χ0v) is 12.8. The average molecular weight is 243 g/mol. The summed E-state index contributed by atoms with van der Waals surface area (Å²) in [6.45, 7) is 2.38. The highest BCUT2D eigenvalue weighted by Gasteiger charge is 2.29. The van der Waals surface area contributed by atoms with E-state index in [9.17, 15) is 0 Å². The van der Waals surface area contributed by atoms with Gasteiger partial charge in [0.05, 0.1) is 10.4 Å². The molecule has 0 aliphatic rings. The molecule has 0 unspecified atom stereocenters. The minimum absolute atomic E-state index is 1.03. The van der Waals surface area contributed by atoms with Crippen LogP contribution in [0, 0.1) is 0 Å². The Hall–Kier alpha value is -1.17. The Morgan fingerprint density at radius 3 is 1.50 bits per heavy atom. The Morgan fingerprint density at radius 2 is 1.19 bits per heavy atom. The highest BCUT2D eigenvalue weighted by molar-refractivity contribution is 7.01. The monoisotopic (exact) mass is 243 g/mol. The molecule has 0 saturated heterocycles. The second-order valence-corrected chi connectivity index (χ2v) is 9.51. The fourth-order valence-corrected chi connectivity index (χ4v) is 6.36. The van der Waals surface area contributed by atoms with Gasteiger partial charge in [0, 0.05) is 0 Å². The predicted molar refractivity (Wildman–Crippen MR) is 76.8 cm³/mol. The molecule has 82 valence electrons. The molecule has 0 bridgehead atoms. The van der Waals surface area contributed by atoms with Crippen LogP contribution in [0.2, 0.25) is 6.55 Å². The number of hydrogen-bond donors (Lipinski definition) is 1. The van der Waals surface area contributed by atoms with Crippen LogP contribution in [0.5, 0.6) is 0 Å². The maximum absolute atomic E-state index is 3.69. The molecule has 3 heteroatoms. The Bertz CT molecular complexity index is 403. The van der Waals surface area contributed by atoms with Crippen molar-refractivity contribution in [3.8, 4) is 0 Å². The molecule has 0 aliphatic heterocycles. The lowest BCUT2D eigenvalue weighted by Crippen LogP contribution is -2.65. The summed E-state index contributed by atoms with van der Waals surface area (Å²) < 4.78 is 3.69. The van der Waals surface area contributed by atoms with Crippen molar-refractivity contribution in [3.63, 3.8) is 0 Å². The Kier molecular flexibility index (Phi) is 3.38. The van der Waals surface area contributed by atoms with E-state index >= 15 is 0 Å². The molecule has 1 N–H and O–H groups in total. The van der Waals surface area contributed by atoms with Crippen molar-refractivity contribution in [2.45, 2.75) is 6.55 Å². The number of nitrogens with one attached hydrogen (secondary N) is 1. The molecule has 0 radical (unpaired) electrons. The third-order valence-electron chi connectivity index (χ3n) is 3.20. The molecule has 0 atom stereocenters. The Labute approximate surface area is 101 Å². The van der Waals surface area contributed by atoms with E-state index in [2.05, 4.69) is 71.9 Å². The van der Waals surface area contributed by atoms with Crippen LogP contribution in [0.15, 0.2) is 60.7 Å². The molecule has 0 amide bonds. The number of rotatable bonds is 3. The number of benzene rings is 2. The van der Waals surface area contributed by atoms with Gasteiger partial charge in [-0.1, -0.05) is 60.7 Å². The van der Waals surface area contributed by atoms with E-state index < -0.39 is 8.24 Å². The average Bonchev–Trinajstić information content (AvgIpc) is 2.40. The lowest BCUT2D eigenvalue weighted by Gasteiger charge is -2.28. The summed E-state index contributed by atoms with van der Waals surface area (Å²) in [7, 11) is -0.636. The molecular weight excluding hydrogens is 226 g/mol. The number of hydrogen-bond acceptors (Lipinski definition) is 1. The molecular formula is C13H17NSi2. The smallest absolute Gasteiger partial charge is 0.179 e. The van der Waals surface area contributed by atoms with Crippen molar-refractivity contribution in [3.05, 3.63) is 60.7 Å². The molecule has 0 saturated carbocycles. The third-order valence-corrected chi connectivity index (χ3v) is 10.2. The standard InChI is InChI=1S/C13H17NSi2/c1-16(14-15,12-8-4-2-5-9-12)13-10-6-3-7-11-13/h2-11,14H,1,15H3. The quantitative estimate of drug-likeness (QED) is 0.762. The van der Waals surface area contributed by atoms with E-state index in [0.717, 1.165) is 10.4 Å². The van der Waals surface area contributed by atoms with Crippen LogP contribution >= 0.6 is 0 Å². The summed E-state index contributed by atoms with van der Waals surface area (Å²) in [5.41, 5.74) is 0. The van der Waals surface area contributed by atoms with E-state index in [1.807, 2.05) is 0 Å². The molecule has 2 aromatic carbocycles. The minimum atomic E-state index is -1.66. The summed E-state index contributed by atoms with van der Waals surface area (Å²) in [5.74, 6) is 0. The molecule has 2 rings (SSSR count). The van der Waals surface area contributed by atoms with Crippen LogP contribution in [0.4, 0.5) is 0 Å². The Morgan fingerprint density at radius 1 is 0.812 bits per heavy atom. The normalized spacial score (nSPS) is 11.6. The van der Waals surface area contributed by atoms with Crippen LogP contribution in [0.25, 0.3) is 0 Å². The summed E-state index contributed by atoms with van der Waals surface area (Å²) in [6.07, 6.45) is 0. The highest BCUT2D eigenvalue weighted by atomic mass is 28.4. The van der Waals surface area contributed by atoms with Gasteiger partial charge < -0.3 is 4.65 Å². The molecule has 2 aromatic rings. The lowest BCUT2D eigenvalue weighted by molar-refractivity contribution is 1.48. The van der Waals surface area contributed by atoms with Crippen LogP contribution in [-0.4, -0.2) is 18.6 Å². The van der Waals surface area contributed by atoms with Gasteiger partial charge in [0.2, 0.25) is 0 Å². The van der Waals surface area contributed by atoms with E-state index in [0.29, 0.717) is 0 Å². The van der Waals surface area contributed by atoms with Crippen LogP contribution in [0.1, 0.15) is 0 Å². The van der Waals surface area contributed by atoms with E-state index in [1.54, 1.807) is 0 Å². The molecule has 0 aliphatic carbocycles. The van der Waals surface area contributed by atoms with Gasteiger partial charge in [0.25, 0.3) is 0 Å². The molecule has 0 heterocycles. The zero-order valence-electron chi connectivity index (χ0n) is 9.77. The van der Waals surface area contributed by atoms with Gasteiger partial charge in [0.1, 0.15) is 0 Å². The largest absolute Gasteiger partial charge is 0.360 e. The van der Waals surface area contributed by atoms with Gasteiger partial charge in [-0.25, -0.2) is 0 Å². The van der Waals surface area contributed by atoms with Crippen LogP contribution in [0.3, 0.4) is 0 Å². The molecule has 0 fully saturated rings. The van der Waals surface area contributed by atoms with Crippen LogP contribution in [-0.2, 0) is 0 Å². The third kappa shape index (κ3) is 2.02. The van der Waals surface area contributed by atoms with Gasteiger partial charge in [0.15, 0.2) is 8.24 Å². The summed E-state index contributed by atoms with van der Waals surface area (Å²) >= 11 is 0. The highest BCUT2D eigenvalue weighted by Crippen LogP contribution is 2.00. The first-order valence-corrected chi connectivity index (χ1v) is 9.07. The van der Waals surface area contributed by atoms with Crippen LogP contribution < -0.4 is 15.0 Å². The summed E-state index contributed by atoms with van der Waals surface area (Å²) in [5, 5.41) is 2.91. The first-order chi connectivity index (χ1) is 7.77. The maximum atomic E-state index is 3.69. The fraction of sp³-hybridized carbons (Fsp3) is 0.0769. The van der Waals surface area contributed by atoms with Crippen molar-refractivity contribution in [1.29, 1.82) is 0 Å². The fourth-order valence-electron chi connectivity index (χ4n) is 2.00. The van der Waals surface area contributed by atoms with Gasteiger partial charge in [-0.15, -0.1) is 0 Å². The molecule has 1 nitrogen and oxygen atoms in total. The first-order valence-electron chi connectivity index (χ1n) is 5.57. The zero-order chi connectivity index (χ0) is 11.4. The predicted octanol–water partition coefficient (Wildman–Crippen LogP) is 0.246. The maximum Gasteiger partial charge on any atom is 0.179 e. The van der Waals surface area contributed by atoms with Gasteiger partial charge in [-0.2, -0.15) is 0 Å². The lowest BCUT2D eigenvalue weighted by atomic mass is 10.4. The van der Waals surface area contributed by atoms with E-state index in [4.69, 9.17) is 0 Å². The van der Waals surface area contributed by atoms with Gasteiger partial charge in [-0.05, 0) is 16.9 Å². The first kappa shape index (κ1) is 11.3. The molecule has 0 spiro atoms. The van der Waals surface area contributed by atoms with Gasteiger partial charge >= 0.3 is 0 Å². The topological polar surface area (TPSA) is 12.0 Å². The van der Waals surface area contributed by atoms with Crippen molar-refractivity contribution < 1.29 is 0 Å². The second-order valence-electron chi connectivity index (χ2n) is 4.11. The second kappa shape index (κ2) is 4.78. The van der Waals surface area contributed by atoms with E-state index in [-0.39, 0.29) is 0 Å². The van der Waals surface area contributed by atoms with Gasteiger partial charge in [-0.3, -0.25) is 0 Å². The molecule has 16 heavy (non-hydrogen) atoms. The Balaban J connectivity index is 2.49. The van der Waals surface area contributed by atoms with Crippen molar-refractivity contribution in [2.24, 2.45) is 0 Å². The van der Waals surface area contributed by atoms with Crippen molar-refractivity contribution >= 4 is 29.0 Å². The summed E-state index contributed by atoms with van der Waals surface area (Å²) in [4.78, 5) is 0. The SMILES string of the molecule is C[Si](N[SiH3])(c1ccccc1)c1ccccc1. The minimum Gasteiger partial charge on any atom is -0.360 e. The van der Waals surface area contributed by atoms with E-state index in [1.165, 1.54) is 10.4 Å².